The Balaban J connectivity index is 1.98. The third kappa shape index (κ3) is 3.21. The highest BCUT2D eigenvalue weighted by atomic mass is 79.9. The van der Waals surface area contributed by atoms with E-state index in [0.717, 1.165) is 21.4 Å². The molecule has 1 heterocycles. The van der Waals surface area contributed by atoms with Crippen molar-refractivity contribution in [3.63, 3.8) is 0 Å². The Morgan fingerprint density at radius 3 is 2.58 bits per heavy atom. The van der Waals surface area contributed by atoms with E-state index in [1.54, 1.807) is 6.92 Å². The van der Waals surface area contributed by atoms with Crippen molar-refractivity contribution < 1.29 is 13.2 Å². The number of aromatic nitrogens is 2. The summed E-state index contributed by atoms with van der Waals surface area (Å²) in [5.74, 6) is -0.386. The van der Waals surface area contributed by atoms with E-state index >= 15 is 0 Å². The van der Waals surface area contributed by atoms with Gasteiger partial charge in [0.15, 0.2) is 0 Å². The highest BCUT2D eigenvalue weighted by Crippen LogP contribution is 2.30. The first kappa shape index (κ1) is 16.7. The highest BCUT2D eigenvalue weighted by molar-refractivity contribution is 9.10. The molecule has 0 amide bonds. The Hall–Kier alpha value is -2.15. The lowest BCUT2D eigenvalue weighted by molar-refractivity contribution is 0.146. The first-order valence-electron chi connectivity index (χ1n) is 7.20. The second-order valence-corrected chi connectivity index (χ2v) is 6.22. The standard InChI is InChI=1S/C17H13BrF3N3/c1-9(11-3-2-4-12(15(11)19)16(20)21)24-17-13-7-10(18)5-6-14(13)22-8-23-17/h2-9,16H,1H3,(H,22,23,24). The van der Waals surface area contributed by atoms with Gasteiger partial charge in [-0.3, -0.25) is 0 Å². The van der Waals surface area contributed by atoms with Gasteiger partial charge in [0.05, 0.1) is 17.1 Å². The van der Waals surface area contributed by atoms with Gasteiger partial charge < -0.3 is 5.32 Å². The molecule has 3 nitrogen and oxygen atoms in total. The van der Waals surface area contributed by atoms with Crippen LogP contribution in [0.1, 0.15) is 30.5 Å². The fourth-order valence-corrected chi connectivity index (χ4v) is 2.86. The number of fused-ring (bicyclic) bond motifs is 1. The van der Waals surface area contributed by atoms with Crippen molar-refractivity contribution in [2.45, 2.75) is 19.4 Å². The van der Waals surface area contributed by atoms with Gasteiger partial charge in [-0.15, -0.1) is 0 Å². The molecule has 0 aliphatic heterocycles. The molecule has 0 saturated heterocycles. The Morgan fingerprint density at radius 1 is 1.08 bits per heavy atom. The van der Waals surface area contributed by atoms with Crippen LogP contribution < -0.4 is 5.32 Å². The minimum absolute atomic E-state index is 0.162. The molecule has 3 rings (SSSR count). The SMILES string of the molecule is CC(Nc1ncnc2ccc(Br)cc12)c1cccc(C(F)F)c1F. The van der Waals surface area contributed by atoms with Crippen LogP contribution in [0.25, 0.3) is 10.9 Å². The van der Waals surface area contributed by atoms with E-state index in [-0.39, 0.29) is 5.56 Å². The lowest BCUT2D eigenvalue weighted by Crippen LogP contribution is -2.11. The van der Waals surface area contributed by atoms with Gasteiger partial charge >= 0.3 is 0 Å². The molecule has 0 aliphatic rings. The fourth-order valence-electron chi connectivity index (χ4n) is 2.50. The summed E-state index contributed by atoms with van der Waals surface area (Å²) in [4.78, 5) is 8.36. The van der Waals surface area contributed by atoms with Crippen molar-refractivity contribution in [1.82, 2.24) is 9.97 Å². The molecular formula is C17H13BrF3N3. The molecule has 1 aromatic heterocycles. The van der Waals surface area contributed by atoms with Gasteiger partial charge in [0.2, 0.25) is 0 Å². The third-order valence-corrected chi connectivity index (χ3v) is 4.20. The lowest BCUT2D eigenvalue weighted by Gasteiger charge is -2.18. The molecule has 7 heteroatoms. The number of nitrogens with zero attached hydrogens (tertiary/aromatic N) is 2. The molecule has 0 aliphatic carbocycles. The van der Waals surface area contributed by atoms with Crippen LogP contribution in [0.4, 0.5) is 19.0 Å². The van der Waals surface area contributed by atoms with Crippen LogP contribution in [0.5, 0.6) is 0 Å². The summed E-state index contributed by atoms with van der Waals surface area (Å²) >= 11 is 3.39. The summed E-state index contributed by atoms with van der Waals surface area (Å²) in [7, 11) is 0. The average molecular weight is 396 g/mol. The number of alkyl halides is 2. The van der Waals surface area contributed by atoms with Crippen molar-refractivity contribution in [2.75, 3.05) is 5.32 Å². The maximum atomic E-state index is 14.3. The van der Waals surface area contributed by atoms with Crippen molar-refractivity contribution in [1.29, 1.82) is 0 Å². The van der Waals surface area contributed by atoms with Crippen molar-refractivity contribution in [2.24, 2.45) is 0 Å². The van der Waals surface area contributed by atoms with E-state index in [4.69, 9.17) is 0 Å². The van der Waals surface area contributed by atoms with Gasteiger partial charge in [-0.2, -0.15) is 0 Å². The van der Waals surface area contributed by atoms with E-state index in [1.165, 1.54) is 18.5 Å². The quantitative estimate of drug-likeness (QED) is 0.620. The number of halogens is 4. The Bertz CT molecular complexity index is 886. The number of hydrogen-bond donors (Lipinski definition) is 1. The molecule has 2 aromatic carbocycles. The maximum Gasteiger partial charge on any atom is 0.266 e. The zero-order chi connectivity index (χ0) is 17.3. The first-order chi connectivity index (χ1) is 11.5. The number of anilines is 1. The highest BCUT2D eigenvalue weighted by Gasteiger charge is 2.20. The van der Waals surface area contributed by atoms with Gasteiger partial charge in [-0.25, -0.2) is 23.1 Å². The van der Waals surface area contributed by atoms with Crippen molar-refractivity contribution in [3.8, 4) is 0 Å². The van der Waals surface area contributed by atoms with Crippen molar-refractivity contribution >= 4 is 32.7 Å². The first-order valence-corrected chi connectivity index (χ1v) is 8.00. The molecule has 1 N–H and O–H groups in total. The van der Waals surface area contributed by atoms with E-state index in [9.17, 15) is 13.2 Å². The van der Waals surface area contributed by atoms with Crippen LogP contribution in [0.2, 0.25) is 0 Å². The minimum atomic E-state index is -2.85. The lowest BCUT2D eigenvalue weighted by atomic mass is 10.0. The second kappa shape index (κ2) is 6.76. The maximum absolute atomic E-state index is 14.3. The zero-order valence-electron chi connectivity index (χ0n) is 12.6. The molecule has 1 atom stereocenters. The summed E-state index contributed by atoms with van der Waals surface area (Å²) < 4.78 is 40.9. The molecule has 0 spiro atoms. The van der Waals surface area contributed by atoms with Crippen LogP contribution in [-0.4, -0.2) is 9.97 Å². The van der Waals surface area contributed by atoms with E-state index in [1.807, 2.05) is 18.2 Å². The Labute approximate surface area is 145 Å². The number of rotatable bonds is 4. The average Bonchev–Trinajstić information content (AvgIpc) is 2.55. The Kier molecular flexibility index (Phi) is 4.71. The molecule has 3 aromatic rings. The topological polar surface area (TPSA) is 37.8 Å². The van der Waals surface area contributed by atoms with Gasteiger partial charge in [0, 0.05) is 15.4 Å². The monoisotopic (exact) mass is 395 g/mol. The number of hydrogen-bond acceptors (Lipinski definition) is 3. The van der Waals surface area contributed by atoms with Gasteiger partial charge in [-0.1, -0.05) is 34.1 Å². The largest absolute Gasteiger partial charge is 0.363 e. The van der Waals surface area contributed by atoms with E-state index < -0.39 is 23.8 Å². The molecule has 0 radical (unpaired) electrons. The zero-order valence-corrected chi connectivity index (χ0v) is 14.2. The van der Waals surface area contributed by atoms with Gasteiger partial charge in [0.25, 0.3) is 6.43 Å². The summed E-state index contributed by atoms with van der Waals surface area (Å²) in [6, 6.07) is 8.98. The van der Waals surface area contributed by atoms with Crippen LogP contribution in [0.15, 0.2) is 47.2 Å². The summed E-state index contributed by atoms with van der Waals surface area (Å²) in [6.07, 6.45) is -1.45. The molecule has 24 heavy (non-hydrogen) atoms. The smallest absolute Gasteiger partial charge is 0.266 e. The summed E-state index contributed by atoms with van der Waals surface area (Å²) in [5, 5.41) is 3.83. The molecule has 124 valence electrons. The molecule has 0 bridgehead atoms. The summed E-state index contributed by atoms with van der Waals surface area (Å²) in [6.45, 7) is 1.69. The summed E-state index contributed by atoms with van der Waals surface area (Å²) in [5.41, 5.74) is 0.288. The molecular weight excluding hydrogens is 383 g/mol. The van der Waals surface area contributed by atoms with Crippen LogP contribution in [0, 0.1) is 5.82 Å². The van der Waals surface area contributed by atoms with Crippen molar-refractivity contribution in [3.05, 3.63) is 64.1 Å². The Morgan fingerprint density at radius 2 is 1.83 bits per heavy atom. The molecule has 0 saturated carbocycles. The number of benzene rings is 2. The molecule has 1 unspecified atom stereocenters. The van der Waals surface area contributed by atoms with Gasteiger partial charge in [0.1, 0.15) is 18.0 Å². The van der Waals surface area contributed by atoms with Crippen LogP contribution >= 0.6 is 15.9 Å². The fraction of sp³-hybridized carbons (Fsp3) is 0.176. The molecule has 0 fully saturated rings. The van der Waals surface area contributed by atoms with Crippen LogP contribution in [-0.2, 0) is 0 Å². The second-order valence-electron chi connectivity index (χ2n) is 5.30. The predicted molar refractivity (Wildman–Crippen MR) is 90.6 cm³/mol. The number of nitrogens with one attached hydrogen (secondary N) is 1. The van der Waals surface area contributed by atoms with Gasteiger partial charge in [-0.05, 0) is 25.1 Å². The van der Waals surface area contributed by atoms with E-state index in [0.29, 0.717) is 5.82 Å². The third-order valence-electron chi connectivity index (χ3n) is 3.71. The van der Waals surface area contributed by atoms with Crippen LogP contribution in [0.3, 0.4) is 0 Å². The normalized spacial score (nSPS) is 12.6. The minimum Gasteiger partial charge on any atom is -0.363 e. The predicted octanol–water partition coefficient (Wildman–Crippen LogP) is 5.64. The van der Waals surface area contributed by atoms with E-state index in [2.05, 4.69) is 31.2 Å².